The van der Waals surface area contributed by atoms with Crippen molar-refractivity contribution in [1.29, 1.82) is 0 Å². The molecule has 28 heavy (non-hydrogen) atoms. The van der Waals surface area contributed by atoms with Crippen LogP contribution in [0.25, 0.3) is 6.08 Å². The van der Waals surface area contributed by atoms with E-state index in [2.05, 4.69) is 5.32 Å². The van der Waals surface area contributed by atoms with Crippen LogP contribution >= 0.6 is 24.0 Å². The standard InChI is InChI=1S/C18H23N3O4S3/c1-11(2)15(16(22)19-12-6-8-28(24,25)10-12)21-17(23)14(27-18(21)26)9-13-5-4-7-20(13)3/h4-5,7,9,11-12,15H,6,8,10H2,1-3H3,(H,19,22). The predicted molar refractivity (Wildman–Crippen MR) is 114 cm³/mol. The molecule has 152 valence electrons. The van der Waals surface area contributed by atoms with Crippen molar-refractivity contribution in [3.05, 3.63) is 28.9 Å². The van der Waals surface area contributed by atoms with E-state index in [4.69, 9.17) is 12.2 Å². The van der Waals surface area contributed by atoms with Crippen molar-refractivity contribution in [2.45, 2.75) is 32.4 Å². The van der Waals surface area contributed by atoms with Gasteiger partial charge >= 0.3 is 0 Å². The molecular weight excluding hydrogens is 418 g/mol. The Bertz CT molecular complexity index is 949. The van der Waals surface area contributed by atoms with E-state index in [0.29, 0.717) is 15.6 Å². The molecule has 7 nitrogen and oxygen atoms in total. The molecule has 2 amide bonds. The number of aryl methyl sites for hydroxylation is 1. The summed E-state index contributed by atoms with van der Waals surface area (Å²) in [5.74, 6) is -0.840. The summed E-state index contributed by atoms with van der Waals surface area (Å²) in [6.07, 6.45) is 4.04. The van der Waals surface area contributed by atoms with Crippen molar-refractivity contribution in [3.63, 3.8) is 0 Å². The van der Waals surface area contributed by atoms with E-state index in [9.17, 15) is 18.0 Å². The third-order valence-electron chi connectivity index (χ3n) is 4.84. The Morgan fingerprint density at radius 1 is 1.43 bits per heavy atom. The van der Waals surface area contributed by atoms with Crippen molar-refractivity contribution in [1.82, 2.24) is 14.8 Å². The molecular formula is C18H23N3O4S3. The molecule has 3 rings (SSSR count). The van der Waals surface area contributed by atoms with Gasteiger partial charge in [0, 0.05) is 25.0 Å². The van der Waals surface area contributed by atoms with Gasteiger partial charge in [0.05, 0.1) is 16.4 Å². The molecule has 1 aromatic rings. The maximum absolute atomic E-state index is 13.0. The zero-order valence-electron chi connectivity index (χ0n) is 15.9. The molecule has 10 heteroatoms. The Balaban J connectivity index is 1.81. The third-order valence-corrected chi connectivity index (χ3v) is 7.94. The number of thiocarbonyl (C=S) groups is 1. The highest BCUT2D eigenvalue weighted by molar-refractivity contribution is 8.26. The van der Waals surface area contributed by atoms with Gasteiger partial charge in [-0.25, -0.2) is 8.42 Å². The topological polar surface area (TPSA) is 88.5 Å². The van der Waals surface area contributed by atoms with Gasteiger partial charge < -0.3 is 9.88 Å². The number of aromatic nitrogens is 1. The van der Waals surface area contributed by atoms with Crippen LogP contribution in [-0.2, 0) is 26.5 Å². The molecule has 2 aliphatic heterocycles. The van der Waals surface area contributed by atoms with Crippen molar-refractivity contribution in [2.24, 2.45) is 13.0 Å². The summed E-state index contributed by atoms with van der Waals surface area (Å²) < 4.78 is 25.5. The number of hydrogen-bond acceptors (Lipinski definition) is 6. The summed E-state index contributed by atoms with van der Waals surface area (Å²) in [4.78, 5) is 27.7. The Morgan fingerprint density at radius 2 is 2.14 bits per heavy atom. The molecule has 3 heterocycles. The molecule has 2 saturated heterocycles. The van der Waals surface area contributed by atoms with E-state index in [1.165, 1.54) is 16.7 Å². The number of thioether (sulfide) groups is 1. The molecule has 2 aliphatic rings. The van der Waals surface area contributed by atoms with Crippen molar-refractivity contribution in [3.8, 4) is 0 Å². The van der Waals surface area contributed by atoms with E-state index in [0.717, 1.165) is 5.69 Å². The Morgan fingerprint density at radius 3 is 2.68 bits per heavy atom. The minimum atomic E-state index is -3.11. The highest BCUT2D eigenvalue weighted by Crippen LogP contribution is 2.35. The average Bonchev–Trinajstić information content (AvgIpc) is 3.22. The number of sulfone groups is 1. The van der Waals surface area contributed by atoms with E-state index < -0.39 is 21.9 Å². The van der Waals surface area contributed by atoms with Crippen LogP contribution in [0.1, 0.15) is 26.0 Å². The molecule has 0 aliphatic carbocycles. The fourth-order valence-corrected chi connectivity index (χ4v) is 6.38. The average molecular weight is 442 g/mol. The van der Waals surface area contributed by atoms with Crippen molar-refractivity contribution in [2.75, 3.05) is 11.5 Å². The normalized spacial score (nSPS) is 24.4. The molecule has 1 aromatic heterocycles. The van der Waals surface area contributed by atoms with Crippen LogP contribution in [0.3, 0.4) is 0 Å². The Hall–Kier alpha value is -1.65. The maximum atomic E-state index is 13.0. The second-order valence-corrected chi connectivity index (χ2v) is 11.3. The monoisotopic (exact) mass is 441 g/mol. The fraction of sp³-hybridized carbons (Fsp3) is 0.500. The van der Waals surface area contributed by atoms with Gasteiger partial charge in [0.15, 0.2) is 9.84 Å². The second kappa shape index (κ2) is 8.00. The number of carbonyl (C=O) groups excluding carboxylic acids is 2. The van der Waals surface area contributed by atoms with Gasteiger partial charge in [-0.1, -0.05) is 37.8 Å². The first-order chi connectivity index (χ1) is 13.1. The van der Waals surface area contributed by atoms with Gasteiger partial charge in [-0.15, -0.1) is 0 Å². The van der Waals surface area contributed by atoms with Crippen molar-refractivity contribution >= 4 is 56.0 Å². The molecule has 0 radical (unpaired) electrons. The maximum Gasteiger partial charge on any atom is 0.267 e. The number of nitrogens with zero attached hydrogens (tertiary/aromatic N) is 2. The third kappa shape index (κ3) is 4.33. The van der Waals surface area contributed by atoms with E-state index in [1.807, 2.05) is 43.8 Å². The lowest BCUT2D eigenvalue weighted by Crippen LogP contribution is -2.53. The summed E-state index contributed by atoms with van der Waals surface area (Å²) in [7, 11) is -1.22. The summed E-state index contributed by atoms with van der Waals surface area (Å²) in [5.41, 5.74) is 0.863. The van der Waals surface area contributed by atoms with Gasteiger partial charge in [-0.2, -0.15) is 0 Å². The molecule has 2 atom stereocenters. The minimum absolute atomic E-state index is 0.0602. The van der Waals surface area contributed by atoms with Crippen LogP contribution in [0.4, 0.5) is 0 Å². The van der Waals surface area contributed by atoms with Crippen LogP contribution in [0, 0.1) is 5.92 Å². The summed E-state index contributed by atoms with van der Waals surface area (Å²) in [6, 6.07) is 2.57. The van der Waals surface area contributed by atoms with E-state index in [-0.39, 0.29) is 29.2 Å². The second-order valence-electron chi connectivity index (χ2n) is 7.39. The SMILES string of the molecule is CC(C)C(C(=O)NC1CCS(=O)(=O)C1)N1C(=O)C(=Cc2cccn2C)SC1=S. The lowest BCUT2D eigenvalue weighted by Gasteiger charge is -2.30. The minimum Gasteiger partial charge on any atom is -0.351 e. The predicted octanol–water partition coefficient (Wildman–Crippen LogP) is 1.55. The number of carbonyl (C=O) groups is 2. The largest absolute Gasteiger partial charge is 0.351 e. The number of amides is 2. The lowest BCUT2D eigenvalue weighted by molar-refractivity contribution is -0.134. The van der Waals surface area contributed by atoms with Gasteiger partial charge in [0.25, 0.3) is 5.91 Å². The van der Waals surface area contributed by atoms with Crippen LogP contribution in [-0.4, -0.2) is 57.6 Å². The zero-order valence-corrected chi connectivity index (χ0v) is 18.4. The van der Waals surface area contributed by atoms with Gasteiger partial charge in [0.1, 0.15) is 10.4 Å². The zero-order chi connectivity index (χ0) is 20.6. The highest BCUT2D eigenvalue weighted by atomic mass is 32.2. The molecule has 0 aromatic carbocycles. The summed E-state index contributed by atoms with van der Waals surface area (Å²) in [5, 5.41) is 2.80. The molecule has 0 bridgehead atoms. The van der Waals surface area contributed by atoms with Crippen LogP contribution < -0.4 is 5.32 Å². The molecule has 1 N–H and O–H groups in total. The molecule has 2 fully saturated rings. The van der Waals surface area contributed by atoms with Crippen LogP contribution in [0.2, 0.25) is 0 Å². The smallest absolute Gasteiger partial charge is 0.267 e. The first kappa shape index (κ1) is 21.1. The van der Waals surface area contributed by atoms with Crippen LogP contribution in [0.5, 0.6) is 0 Å². The first-order valence-corrected chi connectivity index (χ1v) is 12.0. The van der Waals surface area contributed by atoms with Gasteiger partial charge in [-0.05, 0) is 30.5 Å². The molecule has 0 saturated carbocycles. The van der Waals surface area contributed by atoms with Gasteiger partial charge in [-0.3, -0.25) is 14.5 Å². The number of nitrogens with one attached hydrogen (secondary N) is 1. The van der Waals surface area contributed by atoms with E-state index in [1.54, 1.807) is 6.08 Å². The lowest BCUT2D eigenvalue weighted by atomic mass is 10.0. The quantitative estimate of drug-likeness (QED) is 0.551. The number of hydrogen-bond donors (Lipinski definition) is 1. The summed E-state index contributed by atoms with van der Waals surface area (Å²) in [6.45, 7) is 3.68. The number of rotatable bonds is 5. The fourth-order valence-electron chi connectivity index (χ4n) is 3.39. The first-order valence-electron chi connectivity index (χ1n) is 8.98. The molecule has 2 unspecified atom stereocenters. The molecule has 0 spiro atoms. The Labute approximate surface area is 174 Å². The van der Waals surface area contributed by atoms with Crippen LogP contribution in [0.15, 0.2) is 23.2 Å². The van der Waals surface area contributed by atoms with Crippen molar-refractivity contribution < 1.29 is 18.0 Å². The Kier molecular flexibility index (Phi) is 6.02. The van der Waals surface area contributed by atoms with E-state index >= 15 is 0 Å². The summed E-state index contributed by atoms with van der Waals surface area (Å²) >= 11 is 6.58. The highest BCUT2D eigenvalue weighted by Gasteiger charge is 2.43. The van der Waals surface area contributed by atoms with Gasteiger partial charge in [0.2, 0.25) is 5.91 Å².